The summed E-state index contributed by atoms with van der Waals surface area (Å²) in [5, 5.41) is 4.12. The van der Waals surface area contributed by atoms with Crippen LogP contribution in [0.25, 0.3) is 0 Å². The standard InChI is InChI=1S/C17H20ClNO2/c1-12(10-13-6-4-5-7-16(13)20-2)19-15-11-14(18)8-9-17(15)21-3/h4-9,11-12,19H,10H2,1-3H3. The summed E-state index contributed by atoms with van der Waals surface area (Å²) in [6, 6.07) is 13.8. The zero-order valence-electron chi connectivity index (χ0n) is 12.5. The smallest absolute Gasteiger partial charge is 0.142 e. The topological polar surface area (TPSA) is 30.5 Å². The van der Waals surface area contributed by atoms with Crippen molar-refractivity contribution in [2.24, 2.45) is 0 Å². The first kappa shape index (κ1) is 15.5. The Morgan fingerprint density at radius 3 is 2.48 bits per heavy atom. The number of nitrogens with one attached hydrogen (secondary N) is 1. The van der Waals surface area contributed by atoms with Crippen LogP contribution >= 0.6 is 11.6 Å². The van der Waals surface area contributed by atoms with E-state index in [-0.39, 0.29) is 6.04 Å². The first-order valence-electron chi connectivity index (χ1n) is 6.86. The van der Waals surface area contributed by atoms with Crippen LogP contribution in [-0.4, -0.2) is 20.3 Å². The molecule has 1 atom stereocenters. The highest BCUT2D eigenvalue weighted by atomic mass is 35.5. The summed E-state index contributed by atoms with van der Waals surface area (Å²) < 4.78 is 10.7. The Bertz CT molecular complexity index is 601. The van der Waals surface area contributed by atoms with Gasteiger partial charge in [-0.25, -0.2) is 0 Å². The fourth-order valence-corrected chi connectivity index (χ4v) is 2.48. The molecule has 0 radical (unpaired) electrons. The van der Waals surface area contributed by atoms with E-state index in [2.05, 4.69) is 18.3 Å². The molecular weight excluding hydrogens is 286 g/mol. The first-order chi connectivity index (χ1) is 10.1. The minimum atomic E-state index is 0.216. The fourth-order valence-electron chi connectivity index (χ4n) is 2.31. The third-order valence-corrected chi connectivity index (χ3v) is 3.52. The minimum absolute atomic E-state index is 0.216. The average molecular weight is 306 g/mol. The number of anilines is 1. The molecule has 0 aromatic heterocycles. The monoisotopic (exact) mass is 305 g/mol. The molecule has 0 saturated heterocycles. The Balaban J connectivity index is 2.11. The molecule has 2 aromatic rings. The third kappa shape index (κ3) is 4.05. The molecule has 0 heterocycles. The molecule has 0 saturated carbocycles. The van der Waals surface area contributed by atoms with Crippen molar-refractivity contribution in [3.63, 3.8) is 0 Å². The molecule has 0 spiro atoms. The lowest BCUT2D eigenvalue weighted by molar-refractivity contribution is 0.408. The van der Waals surface area contributed by atoms with Gasteiger partial charge in [0.15, 0.2) is 0 Å². The highest BCUT2D eigenvalue weighted by molar-refractivity contribution is 6.30. The number of halogens is 1. The van der Waals surface area contributed by atoms with E-state index in [0.29, 0.717) is 5.02 Å². The first-order valence-corrected chi connectivity index (χ1v) is 7.23. The maximum Gasteiger partial charge on any atom is 0.142 e. The number of ether oxygens (including phenoxy) is 2. The largest absolute Gasteiger partial charge is 0.496 e. The van der Waals surface area contributed by atoms with Gasteiger partial charge in [0.2, 0.25) is 0 Å². The second-order valence-electron chi connectivity index (χ2n) is 4.91. The van der Waals surface area contributed by atoms with Crippen molar-refractivity contribution in [3.05, 3.63) is 53.1 Å². The quantitative estimate of drug-likeness (QED) is 0.858. The molecule has 21 heavy (non-hydrogen) atoms. The summed E-state index contributed by atoms with van der Waals surface area (Å²) in [6.45, 7) is 2.12. The SMILES string of the molecule is COc1ccccc1CC(C)Nc1cc(Cl)ccc1OC. The summed E-state index contributed by atoms with van der Waals surface area (Å²) in [5.74, 6) is 1.69. The molecule has 0 aliphatic rings. The molecule has 0 bridgehead atoms. The van der Waals surface area contributed by atoms with Crippen LogP contribution < -0.4 is 14.8 Å². The molecule has 2 aromatic carbocycles. The Kier molecular flexibility index (Phi) is 5.34. The van der Waals surface area contributed by atoms with E-state index >= 15 is 0 Å². The Morgan fingerprint density at radius 2 is 1.76 bits per heavy atom. The highest BCUT2D eigenvalue weighted by Gasteiger charge is 2.11. The number of para-hydroxylation sites is 1. The third-order valence-electron chi connectivity index (χ3n) is 3.28. The van der Waals surface area contributed by atoms with Crippen LogP contribution in [-0.2, 0) is 6.42 Å². The number of benzene rings is 2. The van der Waals surface area contributed by atoms with Crippen molar-refractivity contribution in [1.29, 1.82) is 0 Å². The maximum absolute atomic E-state index is 6.05. The van der Waals surface area contributed by atoms with E-state index < -0.39 is 0 Å². The molecule has 112 valence electrons. The van der Waals surface area contributed by atoms with Crippen molar-refractivity contribution >= 4 is 17.3 Å². The number of hydrogen-bond donors (Lipinski definition) is 1. The molecular formula is C17H20ClNO2. The molecule has 0 aliphatic heterocycles. The van der Waals surface area contributed by atoms with Crippen LogP contribution in [0.15, 0.2) is 42.5 Å². The average Bonchev–Trinajstić information content (AvgIpc) is 2.48. The van der Waals surface area contributed by atoms with Crippen LogP contribution in [0.3, 0.4) is 0 Å². The van der Waals surface area contributed by atoms with Gasteiger partial charge in [-0.3, -0.25) is 0 Å². The normalized spacial score (nSPS) is 11.8. The van der Waals surface area contributed by atoms with Crippen molar-refractivity contribution in [2.45, 2.75) is 19.4 Å². The van der Waals surface area contributed by atoms with Crippen LogP contribution in [0.2, 0.25) is 5.02 Å². The van der Waals surface area contributed by atoms with Crippen molar-refractivity contribution in [2.75, 3.05) is 19.5 Å². The van der Waals surface area contributed by atoms with Gasteiger partial charge < -0.3 is 14.8 Å². The minimum Gasteiger partial charge on any atom is -0.496 e. The van der Waals surface area contributed by atoms with Crippen molar-refractivity contribution in [1.82, 2.24) is 0 Å². The summed E-state index contributed by atoms with van der Waals surface area (Å²) in [4.78, 5) is 0. The number of hydrogen-bond acceptors (Lipinski definition) is 3. The van der Waals surface area contributed by atoms with Crippen LogP contribution in [0, 0.1) is 0 Å². The molecule has 4 heteroatoms. The molecule has 1 N–H and O–H groups in total. The fraction of sp³-hybridized carbons (Fsp3) is 0.294. The van der Waals surface area contributed by atoms with Crippen LogP contribution in [0.1, 0.15) is 12.5 Å². The van der Waals surface area contributed by atoms with Gasteiger partial charge in [0.25, 0.3) is 0 Å². The zero-order chi connectivity index (χ0) is 15.2. The van der Waals surface area contributed by atoms with Gasteiger partial charge in [0.1, 0.15) is 11.5 Å². The molecule has 3 nitrogen and oxygen atoms in total. The second kappa shape index (κ2) is 7.23. The predicted octanol–water partition coefficient (Wildman–Crippen LogP) is 4.40. The zero-order valence-corrected chi connectivity index (χ0v) is 13.3. The van der Waals surface area contributed by atoms with E-state index in [4.69, 9.17) is 21.1 Å². The number of methoxy groups -OCH3 is 2. The summed E-state index contributed by atoms with van der Waals surface area (Å²) in [7, 11) is 3.34. The molecule has 1 unspecified atom stereocenters. The van der Waals surface area contributed by atoms with Gasteiger partial charge in [-0.1, -0.05) is 29.8 Å². The van der Waals surface area contributed by atoms with Gasteiger partial charge in [-0.15, -0.1) is 0 Å². The van der Waals surface area contributed by atoms with Gasteiger partial charge in [-0.2, -0.15) is 0 Å². The van der Waals surface area contributed by atoms with Gasteiger partial charge in [0, 0.05) is 11.1 Å². The van der Waals surface area contributed by atoms with E-state index in [0.717, 1.165) is 23.6 Å². The molecule has 0 amide bonds. The Hall–Kier alpha value is -1.87. The maximum atomic E-state index is 6.05. The van der Waals surface area contributed by atoms with Gasteiger partial charge >= 0.3 is 0 Å². The van der Waals surface area contributed by atoms with Crippen molar-refractivity contribution in [3.8, 4) is 11.5 Å². The van der Waals surface area contributed by atoms with E-state index in [1.54, 1.807) is 14.2 Å². The van der Waals surface area contributed by atoms with E-state index in [9.17, 15) is 0 Å². The van der Waals surface area contributed by atoms with Gasteiger partial charge in [0.05, 0.1) is 19.9 Å². The van der Waals surface area contributed by atoms with Gasteiger partial charge in [-0.05, 0) is 43.2 Å². The molecule has 0 fully saturated rings. The lowest BCUT2D eigenvalue weighted by atomic mass is 10.1. The summed E-state index contributed by atoms with van der Waals surface area (Å²) in [5.41, 5.74) is 2.06. The Labute approximate surface area is 130 Å². The molecule has 0 aliphatic carbocycles. The lowest BCUT2D eigenvalue weighted by Crippen LogP contribution is -2.19. The highest BCUT2D eigenvalue weighted by Crippen LogP contribution is 2.29. The lowest BCUT2D eigenvalue weighted by Gasteiger charge is -2.19. The Morgan fingerprint density at radius 1 is 1.05 bits per heavy atom. The predicted molar refractivity (Wildman–Crippen MR) is 87.8 cm³/mol. The second-order valence-corrected chi connectivity index (χ2v) is 5.34. The summed E-state index contributed by atoms with van der Waals surface area (Å²) >= 11 is 6.05. The van der Waals surface area contributed by atoms with E-state index in [1.165, 1.54) is 5.56 Å². The van der Waals surface area contributed by atoms with E-state index in [1.807, 2.05) is 36.4 Å². The van der Waals surface area contributed by atoms with Crippen LogP contribution in [0.4, 0.5) is 5.69 Å². The van der Waals surface area contributed by atoms with Crippen LogP contribution in [0.5, 0.6) is 11.5 Å². The van der Waals surface area contributed by atoms with Crippen molar-refractivity contribution < 1.29 is 9.47 Å². The summed E-state index contributed by atoms with van der Waals surface area (Å²) in [6.07, 6.45) is 0.847. The number of rotatable bonds is 6. The molecule has 2 rings (SSSR count).